The Hall–Kier alpha value is -2.61. The smallest absolute Gasteiger partial charge is 0.238 e. The second-order valence-electron chi connectivity index (χ2n) is 8.82. The number of piperidine rings is 1. The van der Waals surface area contributed by atoms with Gasteiger partial charge >= 0.3 is 0 Å². The predicted octanol–water partition coefficient (Wildman–Crippen LogP) is 3.67. The Morgan fingerprint density at radius 1 is 1.16 bits per heavy atom. The molecule has 8 heteroatoms. The maximum atomic E-state index is 13.7. The Labute approximate surface area is 182 Å². The molecule has 0 aromatic heterocycles. The maximum Gasteiger partial charge on any atom is 0.238 e. The summed E-state index contributed by atoms with van der Waals surface area (Å²) in [5.74, 6) is -1.25. The standard InChI is InChI=1S/C23H28FNO5S/c1-23(2,3)18-14-16(24)8-9-20(18)30-17-10-12-25(13-11-17)22(27)15-31(28,29)21-7-5-4-6-19(21)26/h4-9,14,17,26H,10-13,15H2,1-3H3. The van der Waals surface area contributed by atoms with Crippen LogP contribution in [-0.4, -0.2) is 49.3 Å². The number of amides is 1. The van der Waals surface area contributed by atoms with E-state index >= 15 is 0 Å². The van der Waals surface area contributed by atoms with E-state index in [0.29, 0.717) is 31.7 Å². The van der Waals surface area contributed by atoms with Gasteiger partial charge in [-0.1, -0.05) is 32.9 Å². The molecule has 0 atom stereocenters. The number of para-hydroxylation sites is 1. The first-order valence-corrected chi connectivity index (χ1v) is 11.9. The van der Waals surface area contributed by atoms with Crippen molar-refractivity contribution in [3.8, 4) is 11.5 Å². The van der Waals surface area contributed by atoms with E-state index in [-0.39, 0.29) is 28.0 Å². The van der Waals surface area contributed by atoms with Crippen molar-refractivity contribution in [2.24, 2.45) is 0 Å². The highest BCUT2D eigenvalue weighted by Gasteiger charge is 2.30. The van der Waals surface area contributed by atoms with Gasteiger partial charge in [-0.2, -0.15) is 0 Å². The number of phenols is 1. The van der Waals surface area contributed by atoms with Gasteiger partial charge in [-0.3, -0.25) is 4.79 Å². The molecule has 2 aromatic rings. The summed E-state index contributed by atoms with van der Waals surface area (Å²) in [6.45, 7) is 6.69. The number of rotatable bonds is 5. The topological polar surface area (TPSA) is 83.9 Å². The molecule has 1 saturated heterocycles. The predicted molar refractivity (Wildman–Crippen MR) is 115 cm³/mol. The average molecular weight is 450 g/mol. The number of nitrogens with zero attached hydrogens (tertiary/aromatic N) is 1. The fourth-order valence-electron chi connectivity index (χ4n) is 3.65. The number of phenolic OH excluding ortho intramolecular Hbond substituents is 1. The minimum atomic E-state index is -3.94. The number of halogens is 1. The SMILES string of the molecule is CC(C)(C)c1cc(F)ccc1OC1CCN(C(=O)CS(=O)(=O)c2ccccc2O)CC1. The number of benzene rings is 2. The third-order valence-electron chi connectivity index (χ3n) is 5.35. The second kappa shape index (κ2) is 8.86. The highest BCUT2D eigenvalue weighted by molar-refractivity contribution is 7.92. The summed E-state index contributed by atoms with van der Waals surface area (Å²) >= 11 is 0. The molecule has 0 unspecified atom stereocenters. The Balaban J connectivity index is 1.61. The molecule has 0 saturated carbocycles. The van der Waals surface area contributed by atoms with Crippen LogP contribution in [0.15, 0.2) is 47.4 Å². The van der Waals surface area contributed by atoms with Crippen LogP contribution in [0.4, 0.5) is 4.39 Å². The van der Waals surface area contributed by atoms with Crippen molar-refractivity contribution in [1.29, 1.82) is 0 Å². The zero-order valence-electron chi connectivity index (χ0n) is 18.0. The third-order valence-corrected chi connectivity index (χ3v) is 6.99. The van der Waals surface area contributed by atoms with Crippen molar-refractivity contribution < 1.29 is 27.4 Å². The lowest BCUT2D eigenvalue weighted by Gasteiger charge is -2.33. The highest BCUT2D eigenvalue weighted by atomic mass is 32.2. The molecule has 0 aliphatic carbocycles. The fraction of sp³-hybridized carbons (Fsp3) is 0.435. The van der Waals surface area contributed by atoms with Gasteiger partial charge in [0.1, 0.15) is 34.1 Å². The zero-order valence-corrected chi connectivity index (χ0v) is 18.8. The van der Waals surface area contributed by atoms with Gasteiger partial charge in [-0.05, 0) is 35.7 Å². The number of hydrogen-bond donors (Lipinski definition) is 1. The van der Waals surface area contributed by atoms with Gasteiger partial charge in [-0.25, -0.2) is 12.8 Å². The number of carbonyl (C=O) groups is 1. The van der Waals surface area contributed by atoms with Gasteiger partial charge in [0.15, 0.2) is 9.84 Å². The van der Waals surface area contributed by atoms with E-state index < -0.39 is 21.5 Å². The number of aromatic hydroxyl groups is 1. The Kier molecular flexibility index (Phi) is 6.59. The molecule has 168 valence electrons. The molecule has 1 N–H and O–H groups in total. The summed E-state index contributed by atoms with van der Waals surface area (Å²) in [5, 5.41) is 9.80. The van der Waals surface area contributed by atoms with Crippen LogP contribution in [0.1, 0.15) is 39.2 Å². The lowest BCUT2D eigenvalue weighted by molar-refractivity contribution is -0.130. The molecule has 0 radical (unpaired) electrons. The van der Waals surface area contributed by atoms with Gasteiger partial charge in [-0.15, -0.1) is 0 Å². The molecule has 1 heterocycles. The van der Waals surface area contributed by atoms with Crippen molar-refractivity contribution in [2.75, 3.05) is 18.8 Å². The number of carbonyl (C=O) groups excluding carboxylic acids is 1. The fourth-order valence-corrected chi connectivity index (χ4v) is 4.98. The largest absolute Gasteiger partial charge is 0.507 e. The van der Waals surface area contributed by atoms with E-state index in [2.05, 4.69) is 0 Å². The van der Waals surface area contributed by atoms with Crippen LogP contribution in [-0.2, 0) is 20.0 Å². The molecule has 3 rings (SSSR count). The first-order chi connectivity index (χ1) is 14.5. The van der Waals surface area contributed by atoms with Crippen LogP contribution in [0.2, 0.25) is 0 Å². The molecule has 1 fully saturated rings. The van der Waals surface area contributed by atoms with Crippen LogP contribution in [0.25, 0.3) is 0 Å². The third kappa shape index (κ3) is 5.55. The molecule has 2 aromatic carbocycles. The number of likely N-dealkylation sites (tertiary alicyclic amines) is 1. The number of ether oxygens (including phenoxy) is 1. The molecule has 1 aliphatic rings. The van der Waals surface area contributed by atoms with Crippen molar-refractivity contribution >= 4 is 15.7 Å². The minimum Gasteiger partial charge on any atom is -0.507 e. The lowest BCUT2D eigenvalue weighted by Crippen LogP contribution is -2.44. The monoisotopic (exact) mass is 449 g/mol. The van der Waals surface area contributed by atoms with Crippen molar-refractivity contribution in [1.82, 2.24) is 4.90 Å². The lowest BCUT2D eigenvalue weighted by atomic mass is 9.86. The van der Waals surface area contributed by atoms with Crippen LogP contribution in [0.5, 0.6) is 11.5 Å². The molecule has 31 heavy (non-hydrogen) atoms. The average Bonchev–Trinajstić information content (AvgIpc) is 2.69. The van der Waals surface area contributed by atoms with E-state index in [4.69, 9.17) is 4.74 Å². The van der Waals surface area contributed by atoms with Crippen LogP contribution in [0, 0.1) is 5.82 Å². The van der Waals surface area contributed by atoms with Gasteiger partial charge in [0, 0.05) is 31.5 Å². The highest BCUT2D eigenvalue weighted by Crippen LogP contribution is 2.33. The van der Waals surface area contributed by atoms with E-state index in [1.165, 1.54) is 41.3 Å². The zero-order chi connectivity index (χ0) is 22.8. The van der Waals surface area contributed by atoms with Gasteiger partial charge in [0.2, 0.25) is 5.91 Å². The van der Waals surface area contributed by atoms with Crippen molar-refractivity contribution in [2.45, 2.75) is 50.0 Å². The Morgan fingerprint density at radius 2 is 1.81 bits per heavy atom. The summed E-state index contributed by atoms with van der Waals surface area (Å²) in [4.78, 5) is 13.8. The normalized spacial score (nSPS) is 15.7. The minimum absolute atomic E-state index is 0.148. The molecule has 1 aliphatic heterocycles. The molecule has 0 spiro atoms. The van der Waals surface area contributed by atoms with Gasteiger partial charge in [0.25, 0.3) is 0 Å². The van der Waals surface area contributed by atoms with E-state index in [0.717, 1.165) is 5.56 Å². The summed E-state index contributed by atoms with van der Waals surface area (Å²) in [6, 6.07) is 10.1. The van der Waals surface area contributed by atoms with E-state index in [9.17, 15) is 22.7 Å². The van der Waals surface area contributed by atoms with Crippen LogP contribution < -0.4 is 4.74 Å². The number of hydrogen-bond acceptors (Lipinski definition) is 5. The van der Waals surface area contributed by atoms with Crippen LogP contribution in [0.3, 0.4) is 0 Å². The van der Waals surface area contributed by atoms with E-state index in [1.807, 2.05) is 20.8 Å². The first-order valence-electron chi connectivity index (χ1n) is 10.2. The van der Waals surface area contributed by atoms with Crippen molar-refractivity contribution in [3.63, 3.8) is 0 Å². The van der Waals surface area contributed by atoms with Crippen LogP contribution >= 0.6 is 0 Å². The summed E-state index contributed by atoms with van der Waals surface area (Å²) in [5.41, 5.74) is 0.491. The summed E-state index contributed by atoms with van der Waals surface area (Å²) < 4.78 is 44.9. The molecular formula is C23H28FNO5S. The van der Waals surface area contributed by atoms with Gasteiger partial charge in [0.05, 0.1) is 0 Å². The second-order valence-corrected chi connectivity index (χ2v) is 10.8. The summed E-state index contributed by atoms with van der Waals surface area (Å²) in [6.07, 6.45) is 0.942. The first kappa shape index (κ1) is 23.1. The van der Waals surface area contributed by atoms with Crippen molar-refractivity contribution in [3.05, 3.63) is 53.8 Å². The maximum absolute atomic E-state index is 13.7. The quantitative estimate of drug-likeness (QED) is 0.753. The van der Waals surface area contributed by atoms with E-state index in [1.54, 1.807) is 6.07 Å². The number of sulfone groups is 1. The molecule has 1 amide bonds. The van der Waals surface area contributed by atoms with Gasteiger partial charge < -0.3 is 14.7 Å². The molecule has 6 nitrogen and oxygen atoms in total. The molecule has 0 bridgehead atoms. The molecular weight excluding hydrogens is 421 g/mol. The summed E-state index contributed by atoms with van der Waals surface area (Å²) in [7, 11) is -3.94. The Bertz CT molecular complexity index is 1050. The Morgan fingerprint density at radius 3 is 2.42 bits per heavy atom.